The van der Waals surface area contributed by atoms with Crippen molar-refractivity contribution in [2.75, 3.05) is 33.8 Å². The normalized spacial score (nSPS) is 17.8. The van der Waals surface area contributed by atoms with Gasteiger partial charge in [0.25, 0.3) is 11.7 Å². The molecule has 34 heavy (non-hydrogen) atoms. The molecule has 7 heteroatoms. The Morgan fingerprint density at radius 3 is 2.41 bits per heavy atom. The van der Waals surface area contributed by atoms with E-state index in [1.54, 1.807) is 17.0 Å². The molecule has 1 N–H and O–H groups in total. The van der Waals surface area contributed by atoms with Crippen LogP contribution < -0.4 is 4.74 Å². The van der Waals surface area contributed by atoms with Crippen molar-refractivity contribution in [2.45, 2.75) is 33.2 Å². The van der Waals surface area contributed by atoms with Gasteiger partial charge >= 0.3 is 0 Å². The van der Waals surface area contributed by atoms with Crippen molar-refractivity contribution in [1.29, 1.82) is 0 Å². The monoisotopic (exact) mass is 528 g/mol. The van der Waals surface area contributed by atoms with Gasteiger partial charge in [-0.2, -0.15) is 0 Å². The smallest absolute Gasteiger partial charge is 0.295 e. The quantitative estimate of drug-likeness (QED) is 0.276. The summed E-state index contributed by atoms with van der Waals surface area (Å²) in [6.45, 7) is 7.80. The van der Waals surface area contributed by atoms with E-state index in [1.165, 1.54) is 0 Å². The largest absolute Gasteiger partial charge is 0.507 e. The van der Waals surface area contributed by atoms with E-state index in [9.17, 15) is 14.7 Å². The summed E-state index contributed by atoms with van der Waals surface area (Å²) in [6.07, 6.45) is 0.716. The summed E-state index contributed by atoms with van der Waals surface area (Å²) < 4.78 is 6.69. The molecule has 1 aliphatic heterocycles. The lowest BCUT2D eigenvalue weighted by Gasteiger charge is -2.26. The molecule has 0 aromatic heterocycles. The number of nitrogens with zero attached hydrogens (tertiary/aromatic N) is 2. The predicted molar refractivity (Wildman–Crippen MR) is 138 cm³/mol. The van der Waals surface area contributed by atoms with Crippen LogP contribution in [0.2, 0.25) is 0 Å². The first kappa shape index (κ1) is 26.0. The number of carbonyl (C=O) groups is 2. The van der Waals surface area contributed by atoms with Gasteiger partial charge in [-0.25, -0.2) is 0 Å². The van der Waals surface area contributed by atoms with Crippen LogP contribution in [0.15, 0.2) is 52.5 Å². The molecule has 6 nitrogen and oxygen atoms in total. The number of hydrogen-bond acceptors (Lipinski definition) is 5. The average Bonchev–Trinajstić information content (AvgIpc) is 3.02. The molecule has 0 radical (unpaired) electrons. The maximum Gasteiger partial charge on any atom is 0.295 e. The van der Waals surface area contributed by atoms with Crippen molar-refractivity contribution in [3.8, 4) is 5.75 Å². The molecule has 1 saturated heterocycles. The van der Waals surface area contributed by atoms with Crippen LogP contribution in [0.1, 0.15) is 43.0 Å². The topological polar surface area (TPSA) is 70.1 Å². The van der Waals surface area contributed by atoms with Crippen LogP contribution in [0, 0.1) is 12.8 Å². The van der Waals surface area contributed by atoms with Gasteiger partial charge in [0, 0.05) is 16.6 Å². The predicted octanol–water partition coefficient (Wildman–Crippen LogP) is 5.17. The molecule has 0 bridgehead atoms. The number of ketones is 1. The van der Waals surface area contributed by atoms with E-state index >= 15 is 0 Å². The molecule has 1 heterocycles. The highest BCUT2D eigenvalue weighted by Crippen LogP contribution is 2.40. The van der Waals surface area contributed by atoms with E-state index in [4.69, 9.17) is 4.74 Å². The third-order valence-corrected chi connectivity index (χ3v) is 6.30. The Morgan fingerprint density at radius 1 is 1.15 bits per heavy atom. The molecule has 0 aliphatic carbocycles. The summed E-state index contributed by atoms with van der Waals surface area (Å²) in [5.41, 5.74) is 2.19. The second-order valence-corrected chi connectivity index (χ2v) is 10.3. The highest BCUT2D eigenvalue weighted by Gasteiger charge is 2.45. The Bertz CT molecular complexity index is 1080. The van der Waals surface area contributed by atoms with Crippen molar-refractivity contribution in [3.63, 3.8) is 0 Å². The van der Waals surface area contributed by atoms with Gasteiger partial charge in [-0.1, -0.05) is 41.9 Å². The molecular formula is C27H33BrN2O4. The fourth-order valence-corrected chi connectivity index (χ4v) is 4.32. The molecule has 3 rings (SSSR count). The summed E-state index contributed by atoms with van der Waals surface area (Å²) in [7, 11) is 3.94. The number of aryl methyl sites for hydroxylation is 1. The van der Waals surface area contributed by atoms with Gasteiger partial charge in [0.1, 0.15) is 11.5 Å². The molecule has 2 aromatic rings. The SMILES string of the molecule is Cc1cc(OCC(C)C)ccc1C(O)=C1C(=O)C(=O)N(CCCN(C)C)[C@@H]1c1ccc(Br)cc1. The molecule has 1 aliphatic rings. The number of Topliss-reactive ketones (excluding diaryl/α,β-unsaturated/α-hetero) is 1. The zero-order chi connectivity index (χ0) is 25.0. The zero-order valence-corrected chi connectivity index (χ0v) is 22.1. The third-order valence-electron chi connectivity index (χ3n) is 5.77. The lowest BCUT2D eigenvalue weighted by atomic mass is 9.94. The minimum atomic E-state index is -0.658. The Kier molecular flexibility index (Phi) is 8.55. The molecule has 0 spiro atoms. The molecule has 1 amide bonds. The first-order valence-electron chi connectivity index (χ1n) is 11.5. The Labute approximate surface area is 210 Å². The van der Waals surface area contributed by atoms with E-state index in [-0.39, 0.29) is 11.3 Å². The Morgan fingerprint density at radius 2 is 1.82 bits per heavy atom. The first-order valence-corrected chi connectivity index (χ1v) is 12.3. The van der Waals surface area contributed by atoms with Crippen LogP contribution >= 0.6 is 15.9 Å². The van der Waals surface area contributed by atoms with Gasteiger partial charge in [0.05, 0.1) is 18.2 Å². The highest BCUT2D eigenvalue weighted by molar-refractivity contribution is 9.10. The second kappa shape index (κ2) is 11.2. The van der Waals surface area contributed by atoms with Crippen molar-refractivity contribution in [1.82, 2.24) is 9.80 Å². The van der Waals surface area contributed by atoms with Gasteiger partial charge in [-0.3, -0.25) is 9.59 Å². The standard InChI is InChI=1S/C27H33BrN2O4/c1-17(2)16-34-21-11-12-22(18(3)15-21)25(31)23-24(19-7-9-20(28)10-8-19)30(27(33)26(23)32)14-6-13-29(4)5/h7-12,15,17,24,31H,6,13-14,16H2,1-5H3/t24-/m1/s1. The van der Waals surface area contributed by atoms with Gasteiger partial charge in [-0.05, 0) is 81.4 Å². The van der Waals surface area contributed by atoms with E-state index in [0.29, 0.717) is 36.8 Å². The molecule has 2 aromatic carbocycles. The van der Waals surface area contributed by atoms with Crippen molar-refractivity contribution in [3.05, 3.63) is 69.2 Å². The number of likely N-dealkylation sites (tertiary alicyclic amines) is 1. The number of aliphatic hydroxyl groups excluding tert-OH is 1. The fraction of sp³-hybridized carbons (Fsp3) is 0.407. The number of halogens is 1. The summed E-state index contributed by atoms with van der Waals surface area (Å²) >= 11 is 3.44. The molecular weight excluding hydrogens is 496 g/mol. The summed E-state index contributed by atoms with van der Waals surface area (Å²) in [5, 5.41) is 11.3. The van der Waals surface area contributed by atoms with E-state index in [1.807, 2.05) is 56.3 Å². The molecule has 182 valence electrons. The highest BCUT2D eigenvalue weighted by atomic mass is 79.9. The Hall–Kier alpha value is -2.64. The van der Waals surface area contributed by atoms with Crippen molar-refractivity contribution < 1.29 is 19.4 Å². The number of benzene rings is 2. The van der Waals surface area contributed by atoms with Gasteiger partial charge in [0.2, 0.25) is 0 Å². The molecule has 0 unspecified atom stereocenters. The van der Waals surface area contributed by atoms with E-state index in [0.717, 1.165) is 22.1 Å². The molecule has 1 fully saturated rings. The number of hydrogen-bond donors (Lipinski definition) is 1. The van der Waals surface area contributed by atoms with Crippen LogP contribution in [0.25, 0.3) is 5.76 Å². The summed E-state index contributed by atoms with van der Waals surface area (Å²) in [6, 6.07) is 12.2. The number of carbonyl (C=O) groups excluding carboxylic acids is 2. The maximum atomic E-state index is 13.2. The average molecular weight is 529 g/mol. The lowest BCUT2D eigenvalue weighted by molar-refractivity contribution is -0.139. The minimum absolute atomic E-state index is 0.121. The van der Waals surface area contributed by atoms with E-state index < -0.39 is 17.7 Å². The van der Waals surface area contributed by atoms with Gasteiger partial charge in [0.15, 0.2) is 0 Å². The van der Waals surface area contributed by atoms with Crippen LogP contribution in [0.4, 0.5) is 0 Å². The number of aliphatic hydroxyl groups is 1. The minimum Gasteiger partial charge on any atom is -0.507 e. The number of ether oxygens (including phenoxy) is 1. The van der Waals surface area contributed by atoms with Gasteiger partial charge in [-0.15, -0.1) is 0 Å². The van der Waals surface area contributed by atoms with Crippen LogP contribution in [0.3, 0.4) is 0 Å². The molecule has 0 saturated carbocycles. The van der Waals surface area contributed by atoms with Crippen LogP contribution in [0.5, 0.6) is 5.75 Å². The first-order chi connectivity index (χ1) is 16.1. The van der Waals surface area contributed by atoms with Crippen LogP contribution in [-0.2, 0) is 9.59 Å². The zero-order valence-electron chi connectivity index (χ0n) is 20.5. The van der Waals surface area contributed by atoms with Crippen molar-refractivity contribution >= 4 is 33.4 Å². The summed E-state index contributed by atoms with van der Waals surface area (Å²) in [5.74, 6) is -0.300. The maximum absolute atomic E-state index is 13.2. The Balaban J connectivity index is 2.04. The molecule has 1 atom stereocenters. The summed E-state index contributed by atoms with van der Waals surface area (Å²) in [4.78, 5) is 29.9. The fourth-order valence-electron chi connectivity index (χ4n) is 4.06. The number of rotatable bonds is 9. The van der Waals surface area contributed by atoms with Crippen LogP contribution in [-0.4, -0.2) is 60.4 Å². The van der Waals surface area contributed by atoms with E-state index in [2.05, 4.69) is 29.8 Å². The number of amides is 1. The van der Waals surface area contributed by atoms with Gasteiger partial charge < -0.3 is 19.6 Å². The third kappa shape index (κ3) is 5.88. The lowest BCUT2D eigenvalue weighted by Crippen LogP contribution is -2.32. The second-order valence-electron chi connectivity index (χ2n) is 9.38. The van der Waals surface area contributed by atoms with Crippen molar-refractivity contribution in [2.24, 2.45) is 5.92 Å².